The third-order valence-corrected chi connectivity index (χ3v) is 3.36. The highest BCUT2D eigenvalue weighted by Crippen LogP contribution is 2.22. The lowest BCUT2D eigenvalue weighted by molar-refractivity contribution is 0.0952. The molecule has 3 rings (SSSR count). The van der Waals surface area contributed by atoms with E-state index in [0.29, 0.717) is 17.1 Å². The minimum atomic E-state index is -1.49. The Kier molecular flexibility index (Phi) is 3.01. The molecule has 2 aromatic carbocycles. The predicted octanol–water partition coefficient (Wildman–Crippen LogP) is 0.412. The normalized spacial score (nSPS) is 14.4. The molecule has 0 heterocycles. The van der Waals surface area contributed by atoms with Crippen LogP contribution in [0.5, 0.6) is 0 Å². The Morgan fingerprint density at radius 1 is 1.21 bits per heavy atom. The van der Waals surface area contributed by atoms with Crippen molar-refractivity contribution < 1.29 is 14.8 Å². The first-order chi connectivity index (χ1) is 9.15. The first-order valence-corrected chi connectivity index (χ1v) is 6.35. The largest absolute Gasteiger partial charge is 0.488 e. The van der Waals surface area contributed by atoms with E-state index < -0.39 is 7.12 Å². The molecule has 3 N–H and O–H groups in total. The van der Waals surface area contributed by atoms with E-state index in [1.165, 1.54) is 0 Å². The molecule has 1 aliphatic rings. The zero-order chi connectivity index (χ0) is 13.4. The molecule has 0 aromatic heterocycles. The van der Waals surface area contributed by atoms with E-state index in [-0.39, 0.29) is 5.91 Å². The summed E-state index contributed by atoms with van der Waals surface area (Å²) in [6.45, 7) is 0. The first-order valence-electron chi connectivity index (χ1n) is 6.35. The molecular formula is C14H14BNO3. The van der Waals surface area contributed by atoms with Crippen molar-refractivity contribution in [3.05, 3.63) is 42.0 Å². The highest BCUT2D eigenvalue weighted by atomic mass is 16.4. The Labute approximate surface area is 111 Å². The summed E-state index contributed by atoms with van der Waals surface area (Å²) in [6, 6.07) is 10.8. The van der Waals surface area contributed by atoms with Crippen LogP contribution in [0.15, 0.2) is 36.4 Å². The van der Waals surface area contributed by atoms with Crippen molar-refractivity contribution in [2.45, 2.75) is 18.9 Å². The van der Waals surface area contributed by atoms with E-state index in [1.54, 1.807) is 30.3 Å². The Morgan fingerprint density at radius 3 is 2.68 bits per heavy atom. The molecule has 0 spiro atoms. The molecule has 0 unspecified atom stereocenters. The van der Waals surface area contributed by atoms with Crippen LogP contribution in [0, 0.1) is 0 Å². The first kappa shape index (κ1) is 12.2. The fraction of sp³-hybridized carbons (Fsp3) is 0.214. The molecule has 0 radical (unpaired) electrons. The lowest BCUT2D eigenvalue weighted by Crippen LogP contribution is -2.29. The lowest BCUT2D eigenvalue weighted by atomic mass is 9.79. The van der Waals surface area contributed by atoms with Gasteiger partial charge in [0.05, 0.1) is 0 Å². The summed E-state index contributed by atoms with van der Waals surface area (Å²) in [6.07, 6.45) is 2.11. The summed E-state index contributed by atoms with van der Waals surface area (Å²) in [7, 11) is -1.49. The van der Waals surface area contributed by atoms with Crippen molar-refractivity contribution in [2.24, 2.45) is 0 Å². The Bertz CT molecular complexity index is 638. The fourth-order valence-electron chi connectivity index (χ4n) is 2.15. The minimum Gasteiger partial charge on any atom is -0.423 e. The zero-order valence-corrected chi connectivity index (χ0v) is 10.3. The van der Waals surface area contributed by atoms with Gasteiger partial charge in [0.15, 0.2) is 0 Å². The van der Waals surface area contributed by atoms with Crippen molar-refractivity contribution in [3.63, 3.8) is 0 Å². The van der Waals surface area contributed by atoms with E-state index in [9.17, 15) is 4.79 Å². The monoisotopic (exact) mass is 255 g/mol. The molecule has 1 amide bonds. The topological polar surface area (TPSA) is 69.6 Å². The van der Waals surface area contributed by atoms with Crippen LogP contribution in [0.3, 0.4) is 0 Å². The van der Waals surface area contributed by atoms with Crippen LogP contribution in [0.4, 0.5) is 0 Å². The van der Waals surface area contributed by atoms with Crippen LogP contribution in [0.2, 0.25) is 0 Å². The van der Waals surface area contributed by atoms with E-state index in [4.69, 9.17) is 10.0 Å². The van der Waals surface area contributed by atoms with Gasteiger partial charge in [0.2, 0.25) is 0 Å². The third-order valence-electron chi connectivity index (χ3n) is 3.36. The van der Waals surface area contributed by atoms with Crippen molar-refractivity contribution in [3.8, 4) is 0 Å². The molecule has 19 heavy (non-hydrogen) atoms. The molecule has 0 aliphatic heterocycles. The summed E-state index contributed by atoms with van der Waals surface area (Å²) < 4.78 is 0. The Morgan fingerprint density at radius 2 is 2.00 bits per heavy atom. The van der Waals surface area contributed by atoms with E-state index in [1.807, 2.05) is 6.07 Å². The molecule has 96 valence electrons. The smallest absolute Gasteiger partial charge is 0.423 e. The summed E-state index contributed by atoms with van der Waals surface area (Å²) in [5.74, 6) is -0.0644. The summed E-state index contributed by atoms with van der Waals surface area (Å²) >= 11 is 0. The van der Waals surface area contributed by atoms with Crippen molar-refractivity contribution in [1.29, 1.82) is 0 Å². The number of carbonyl (C=O) groups excluding carboxylic acids is 1. The van der Waals surface area contributed by atoms with Gasteiger partial charge in [-0.25, -0.2) is 0 Å². The van der Waals surface area contributed by atoms with Gasteiger partial charge in [-0.15, -0.1) is 0 Å². The van der Waals surface area contributed by atoms with Gasteiger partial charge in [0.25, 0.3) is 5.91 Å². The van der Waals surface area contributed by atoms with Crippen LogP contribution in [0.1, 0.15) is 23.2 Å². The second-order valence-electron chi connectivity index (χ2n) is 4.91. The molecule has 0 bridgehead atoms. The second-order valence-corrected chi connectivity index (χ2v) is 4.91. The van der Waals surface area contributed by atoms with Gasteiger partial charge in [0.1, 0.15) is 0 Å². The van der Waals surface area contributed by atoms with Crippen molar-refractivity contribution in [1.82, 2.24) is 5.32 Å². The minimum absolute atomic E-state index is 0.0644. The van der Waals surface area contributed by atoms with Gasteiger partial charge in [0, 0.05) is 11.6 Å². The number of hydrogen-bond donors (Lipinski definition) is 3. The SMILES string of the molecule is O=C(NC1CC1)c1cccc2cc(B(O)O)ccc12. The lowest BCUT2D eigenvalue weighted by Gasteiger charge is -2.08. The standard InChI is InChI=1S/C14H14BNO3/c17-14(16-11-5-6-11)13-3-1-2-9-8-10(15(18)19)4-7-12(9)13/h1-4,7-8,11,18-19H,5-6H2,(H,16,17). The Balaban J connectivity index is 2.02. The van der Waals surface area contributed by atoms with Gasteiger partial charge in [-0.2, -0.15) is 0 Å². The number of hydrogen-bond acceptors (Lipinski definition) is 3. The predicted molar refractivity (Wildman–Crippen MR) is 74.3 cm³/mol. The quantitative estimate of drug-likeness (QED) is 0.696. The summed E-state index contributed by atoms with van der Waals surface area (Å²) in [5.41, 5.74) is 1.05. The second kappa shape index (κ2) is 4.68. The van der Waals surface area contributed by atoms with Crippen LogP contribution < -0.4 is 10.8 Å². The summed E-state index contributed by atoms with van der Waals surface area (Å²) in [4.78, 5) is 12.1. The third kappa shape index (κ3) is 2.48. The van der Waals surface area contributed by atoms with Crippen molar-refractivity contribution in [2.75, 3.05) is 0 Å². The molecule has 5 heteroatoms. The van der Waals surface area contributed by atoms with E-state index in [0.717, 1.165) is 23.6 Å². The number of benzene rings is 2. The van der Waals surface area contributed by atoms with Gasteiger partial charge >= 0.3 is 7.12 Å². The molecule has 4 nitrogen and oxygen atoms in total. The molecule has 1 fully saturated rings. The van der Waals surface area contributed by atoms with Gasteiger partial charge < -0.3 is 15.4 Å². The molecule has 1 saturated carbocycles. The van der Waals surface area contributed by atoms with Crippen LogP contribution in [-0.4, -0.2) is 29.1 Å². The van der Waals surface area contributed by atoms with Gasteiger partial charge in [-0.05, 0) is 35.1 Å². The molecule has 2 aromatic rings. The number of fused-ring (bicyclic) bond motifs is 1. The fourth-order valence-corrected chi connectivity index (χ4v) is 2.15. The highest BCUT2D eigenvalue weighted by molar-refractivity contribution is 6.58. The number of amides is 1. The Hall–Kier alpha value is -1.85. The highest BCUT2D eigenvalue weighted by Gasteiger charge is 2.24. The van der Waals surface area contributed by atoms with Gasteiger partial charge in [-0.3, -0.25) is 4.79 Å². The van der Waals surface area contributed by atoms with Crippen LogP contribution in [0.25, 0.3) is 10.8 Å². The average Bonchev–Trinajstić information content (AvgIpc) is 3.21. The van der Waals surface area contributed by atoms with Crippen LogP contribution in [-0.2, 0) is 0 Å². The molecule has 0 atom stereocenters. The number of carbonyl (C=O) groups is 1. The summed E-state index contributed by atoms with van der Waals surface area (Å²) in [5, 5.41) is 22.9. The molecule has 1 aliphatic carbocycles. The number of nitrogens with one attached hydrogen (secondary N) is 1. The maximum Gasteiger partial charge on any atom is 0.488 e. The van der Waals surface area contributed by atoms with E-state index >= 15 is 0 Å². The maximum absolute atomic E-state index is 12.1. The average molecular weight is 255 g/mol. The van der Waals surface area contributed by atoms with Gasteiger partial charge in [-0.1, -0.05) is 30.3 Å². The molecule has 0 saturated heterocycles. The van der Waals surface area contributed by atoms with E-state index in [2.05, 4.69) is 5.32 Å². The molecular weight excluding hydrogens is 241 g/mol. The maximum atomic E-state index is 12.1. The number of rotatable bonds is 3. The van der Waals surface area contributed by atoms with Crippen LogP contribution >= 0.6 is 0 Å². The zero-order valence-electron chi connectivity index (χ0n) is 10.3. The van der Waals surface area contributed by atoms with Crippen molar-refractivity contribution >= 4 is 29.3 Å².